The Morgan fingerprint density at radius 1 is 0.909 bits per heavy atom. The molecule has 2 unspecified atom stereocenters. The zero-order chi connectivity index (χ0) is 32.9. The molecule has 13 heteroatoms. The number of amides is 1. The lowest BCUT2D eigenvalue weighted by atomic mass is 9.81. The maximum absolute atomic E-state index is 14.0. The predicted octanol–water partition coefficient (Wildman–Crippen LogP) is 8.06. The van der Waals surface area contributed by atoms with Crippen molar-refractivity contribution in [3.63, 3.8) is 0 Å². The van der Waals surface area contributed by atoms with Crippen LogP contribution in [0.4, 0.5) is 36.4 Å². The number of alkyl halides is 6. The number of hydrogen-bond acceptors (Lipinski definition) is 4. The lowest BCUT2D eigenvalue weighted by molar-refractivity contribution is -0.143. The Balaban J connectivity index is 1.83. The fourth-order valence-electron chi connectivity index (χ4n) is 5.57. The van der Waals surface area contributed by atoms with Crippen LogP contribution in [0.25, 0.3) is 11.1 Å². The quantitative estimate of drug-likeness (QED) is 0.202. The number of nitrogens with zero attached hydrogens (tertiary/aromatic N) is 3. The molecule has 1 saturated heterocycles. The van der Waals surface area contributed by atoms with E-state index in [0.717, 1.165) is 4.90 Å². The van der Waals surface area contributed by atoms with Crippen LogP contribution >= 0.6 is 9.39 Å². The first-order valence-corrected chi connectivity index (χ1v) is 14.1. The Labute approximate surface area is 252 Å². The number of hydrogen-bond donors (Lipinski definition) is 0. The number of rotatable bonds is 6. The second-order valence-electron chi connectivity index (χ2n) is 11.5. The lowest BCUT2D eigenvalue weighted by Gasteiger charge is -2.32. The van der Waals surface area contributed by atoms with E-state index in [0.29, 0.717) is 47.4 Å². The van der Waals surface area contributed by atoms with Gasteiger partial charge in [0.1, 0.15) is 11.6 Å². The molecule has 4 rings (SSSR count). The number of anilines is 1. The number of likely N-dealkylation sites (N-methyl/N-ethyl adjacent to an activating group) is 1. The number of aryl methyl sites for hydroxylation is 1. The zero-order valence-electron chi connectivity index (χ0n) is 24.6. The molecule has 1 amide bonds. The first-order valence-electron chi connectivity index (χ1n) is 13.6. The number of pyridine rings is 1. The van der Waals surface area contributed by atoms with Crippen molar-refractivity contribution >= 4 is 26.8 Å². The summed E-state index contributed by atoms with van der Waals surface area (Å²) in [6.45, 7) is 5.66. The number of benzene rings is 2. The van der Waals surface area contributed by atoms with Crippen molar-refractivity contribution in [2.45, 2.75) is 70.4 Å². The first-order chi connectivity index (χ1) is 20.2. The van der Waals surface area contributed by atoms with E-state index in [4.69, 9.17) is 0 Å². The maximum Gasteiger partial charge on any atom is 0.416 e. The molecule has 1 aromatic heterocycles. The van der Waals surface area contributed by atoms with Crippen LogP contribution in [0.1, 0.15) is 67.6 Å². The van der Waals surface area contributed by atoms with Crippen molar-refractivity contribution in [2.24, 2.45) is 0 Å². The maximum atomic E-state index is 14.0. The molecule has 1 aliphatic rings. The molecule has 3 atom stereocenters. The third-order valence-corrected chi connectivity index (χ3v) is 8.86. The van der Waals surface area contributed by atoms with Crippen molar-refractivity contribution in [2.75, 3.05) is 11.9 Å². The van der Waals surface area contributed by atoms with Crippen molar-refractivity contribution in [1.29, 1.82) is 0 Å². The fraction of sp³-hybridized carbons (Fsp3) is 0.387. The summed E-state index contributed by atoms with van der Waals surface area (Å²) in [4.78, 5) is 31.7. The van der Waals surface area contributed by atoms with Gasteiger partial charge in [-0.2, -0.15) is 26.3 Å². The second-order valence-corrected chi connectivity index (χ2v) is 12.1. The van der Waals surface area contributed by atoms with Gasteiger partial charge in [-0.3, -0.25) is 19.2 Å². The first kappa shape index (κ1) is 33.5. The van der Waals surface area contributed by atoms with Gasteiger partial charge in [0.2, 0.25) is 5.91 Å². The molecule has 0 aliphatic carbocycles. The third-order valence-electron chi connectivity index (χ3n) is 8.14. The van der Waals surface area contributed by atoms with E-state index >= 15 is 0 Å². The topological polar surface area (TPSA) is 53.5 Å². The summed E-state index contributed by atoms with van der Waals surface area (Å²) in [6.07, 6.45) is -7.56. The molecule has 0 saturated carbocycles. The normalized spacial score (nSPS) is 18.0. The fourth-order valence-corrected chi connectivity index (χ4v) is 6.23. The molecule has 236 valence electrons. The minimum Gasteiger partial charge on any atom is -0.313 e. The largest absolute Gasteiger partial charge is 0.416 e. The molecule has 3 aromatic rings. The SMILES string of the molecule is CC(=O)[C@H]1CCC(c2cc(-c3ccc(F)cc3C)c(N(C)C(=O)C(C)(C)c3cc(C(F)(F)F)cc(C(F)(F)F)c3)cn2)N1P. The molecule has 2 heterocycles. The number of carbonyl (C=O) groups excluding carboxylic acids is 2. The van der Waals surface area contributed by atoms with E-state index in [2.05, 4.69) is 14.4 Å². The van der Waals surface area contributed by atoms with Gasteiger partial charge in [0.05, 0.1) is 46.2 Å². The molecule has 1 aliphatic heterocycles. The highest BCUT2D eigenvalue weighted by molar-refractivity contribution is 7.13. The van der Waals surface area contributed by atoms with Gasteiger partial charge in [0.15, 0.2) is 0 Å². The average Bonchev–Trinajstić information content (AvgIpc) is 3.32. The van der Waals surface area contributed by atoms with Crippen LogP contribution in [0.3, 0.4) is 0 Å². The number of Topliss-reactive ketones (excluding diaryl/α,β-unsaturated/α-hetero) is 1. The standard InChI is InChI=1S/C31H31F7N3O2P/c1-16-10-21(32)6-7-22(16)23-14-24(26-9-8-25(17(2)42)41(26)44)39-15-27(23)40(5)28(43)29(3,4)18-11-19(30(33,34)35)13-20(12-18)31(36,37)38/h6-7,10-15,25-26H,8-9,44H2,1-5H3/t25-,26?/m1/s1. The molecular formula is C31H31F7N3O2P. The average molecular weight is 642 g/mol. The number of aromatic nitrogens is 1. The molecule has 1 fully saturated rings. The molecule has 0 N–H and O–H groups in total. The van der Waals surface area contributed by atoms with Crippen molar-refractivity contribution in [3.8, 4) is 11.1 Å². The van der Waals surface area contributed by atoms with E-state index in [9.17, 15) is 40.3 Å². The zero-order valence-corrected chi connectivity index (χ0v) is 25.7. The smallest absolute Gasteiger partial charge is 0.313 e. The van der Waals surface area contributed by atoms with Gasteiger partial charge in [-0.25, -0.2) is 4.39 Å². The van der Waals surface area contributed by atoms with Crippen LogP contribution in [-0.2, 0) is 27.4 Å². The van der Waals surface area contributed by atoms with E-state index in [1.54, 1.807) is 13.0 Å². The van der Waals surface area contributed by atoms with Gasteiger partial charge in [-0.05, 0) is 93.6 Å². The number of halogens is 7. The predicted molar refractivity (Wildman–Crippen MR) is 155 cm³/mol. The monoisotopic (exact) mass is 641 g/mol. The number of carbonyl (C=O) groups is 2. The van der Waals surface area contributed by atoms with Crippen LogP contribution in [0.15, 0.2) is 48.7 Å². The van der Waals surface area contributed by atoms with Crippen molar-refractivity contribution < 1.29 is 40.3 Å². The summed E-state index contributed by atoms with van der Waals surface area (Å²) in [7, 11) is 3.90. The van der Waals surface area contributed by atoms with Crippen LogP contribution in [0.2, 0.25) is 0 Å². The Morgan fingerprint density at radius 2 is 1.48 bits per heavy atom. The lowest BCUT2D eigenvalue weighted by Crippen LogP contribution is -2.42. The van der Waals surface area contributed by atoms with Gasteiger partial charge in [0, 0.05) is 12.6 Å². The number of ketones is 1. The molecule has 0 spiro atoms. The Hall–Kier alpha value is -3.37. The van der Waals surface area contributed by atoms with Gasteiger partial charge >= 0.3 is 12.4 Å². The summed E-state index contributed by atoms with van der Waals surface area (Å²) in [5, 5.41) is 0. The Morgan fingerprint density at radius 3 is 1.98 bits per heavy atom. The highest BCUT2D eigenvalue weighted by Gasteiger charge is 2.42. The molecule has 44 heavy (non-hydrogen) atoms. The van der Waals surface area contributed by atoms with E-state index in [1.807, 2.05) is 4.67 Å². The summed E-state index contributed by atoms with van der Waals surface area (Å²) >= 11 is 0. The second kappa shape index (κ2) is 11.9. The van der Waals surface area contributed by atoms with Gasteiger partial charge in [-0.1, -0.05) is 15.5 Å². The van der Waals surface area contributed by atoms with Crippen LogP contribution in [0.5, 0.6) is 0 Å². The molecule has 0 radical (unpaired) electrons. The molecule has 5 nitrogen and oxygen atoms in total. The highest BCUT2D eigenvalue weighted by atomic mass is 31.0. The summed E-state index contributed by atoms with van der Waals surface area (Å²) in [6, 6.07) is 6.28. The third kappa shape index (κ3) is 6.52. The van der Waals surface area contributed by atoms with Crippen LogP contribution < -0.4 is 4.90 Å². The van der Waals surface area contributed by atoms with Gasteiger partial charge < -0.3 is 4.90 Å². The van der Waals surface area contributed by atoms with Gasteiger partial charge in [0.25, 0.3) is 0 Å². The van der Waals surface area contributed by atoms with Crippen molar-refractivity contribution in [1.82, 2.24) is 9.65 Å². The molecular weight excluding hydrogens is 610 g/mol. The van der Waals surface area contributed by atoms with Gasteiger partial charge in [-0.15, -0.1) is 0 Å². The van der Waals surface area contributed by atoms with Crippen LogP contribution in [-0.4, -0.2) is 34.4 Å². The van der Waals surface area contributed by atoms with E-state index in [-0.39, 0.29) is 29.6 Å². The highest BCUT2D eigenvalue weighted by Crippen LogP contribution is 2.43. The summed E-state index contributed by atoms with van der Waals surface area (Å²) in [5.41, 5.74) is -3.08. The Bertz CT molecular complexity index is 1570. The van der Waals surface area contributed by atoms with E-state index in [1.165, 1.54) is 52.2 Å². The summed E-state index contributed by atoms with van der Waals surface area (Å²) in [5.74, 6) is -1.30. The van der Waals surface area contributed by atoms with E-state index < -0.39 is 46.2 Å². The summed E-state index contributed by atoms with van der Waals surface area (Å²) < 4.78 is 97.5. The minimum absolute atomic E-state index is 0.00967. The van der Waals surface area contributed by atoms with Crippen molar-refractivity contribution in [3.05, 3.63) is 82.4 Å². The molecule has 0 bridgehead atoms. The Kier molecular flexibility index (Phi) is 9.03. The molecule has 2 aromatic carbocycles. The van der Waals surface area contributed by atoms with Crippen LogP contribution in [0, 0.1) is 12.7 Å². The minimum atomic E-state index is -5.08.